The monoisotopic (exact) mass is 328 g/mol. The normalized spacial score (nSPS) is 36.9. The number of hydrogen-bond acceptors (Lipinski definition) is 4. The Morgan fingerprint density at radius 3 is 2.59 bits per heavy atom. The van der Waals surface area contributed by atoms with Crippen LogP contribution >= 0.6 is 0 Å². The van der Waals surface area contributed by atoms with Crippen LogP contribution in [-0.2, 0) is 19.4 Å². The van der Waals surface area contributed by atoms with E-state index in [2.05, 4.69) is 12.2 Å². The molecule has 1 aliphatic carbocycles. The van der Waals surface area contributed by atoms with Gasteiger partial charge in [0.25, 0.3) is 0 Å². The molecule has 2 aliphatic heterocycles. The van der Waals surface area contributed by atoms with Gasteiger partial charge in [-0.3, -0.25) is 9.59 Å². The number of likely N-dealkylation sites (tertiary alicyclic amines) is 1. The van der Waals surface area contributed by atoms with E-state index < -0.39 is 9.84 Å². The predicted octanol–water partition coefficient (Wildman–Crippen LogP) is 0.184. The first kappa shape index (κ1) is 15.8. The molecule has 0 aromatic carbocycles. The second-order valence-electron chi connectivity index (χ2n) is 7.09. The summed E-state index contributed by atoms with van der Waals surface area (Å²) in [6.45, 7) is 3.75. The van der Waals surface area contributed by atoms with Crippen molar-refractivity contribution in [1.29, 1.82) is 0 Å². The largest absolute Gasteiger partial charge is 0.352 e. The van der Waals surface area contributed by atoms with E-state index in [4.69, 9.17) is 0 Å². The van der Waals surface area contributed by atoms with E-state index in [1.807, 2.05) is 4.90 Å². The SMILES string of the molecule is CC1CCCN(C(=O)C2CC2C(=O)NC2CCS(=O)(=O)C2)C1. The Bertz CT molecular complexity index is 574. The molecule has 0 spiro atoms. The van der Waals surface area contributed by atoms with Crippen LogP contribution < -0.4 is 5.32 Å². The van der Waals surface area contributed by atoms with Gasteiger partial charge in [-0.2, -0.15) is 0 Å². The minimum atomic E-state index is -2.99. The molecule has 2 heterocycles. The quantitative estimate of drug-likeness (QED) is 0.801. The van der Waals surface area contributed by atoms with Crippen molar-refractivity contribution < 1.29 is 18.0 Å². The van der Waals surface area contributed by atoms with Crippen molar-refractivity contribution in [2.75, 3.05) is 24.6 Å². The Labute approximate surface area is 131 Å². The lowest BCUT2D eigenvalue weighted by molar-refractivity contribution is -0.136. The van der Waals surface area contributed by atoms with Crippen LogP contribution in [-0.4, -0.2) is 55.8 Å². The third-order valence-electron chi connectivity index (χ3n) is 4.99. The van der Waals surface area contributed by atoms with Gasteiger partial charge in [0, 0.05) is 19.1 Å². The van der Waals surface area contributed by atoms with Gasteiger partial charge in [0.15, 0.2) is 9.84 Å². The molecule has 2 amide bonds. The molecular formula is C15H24N2O4S. The van der Waals surface area contributed by atoms with E-state index in [0.29, 0.717) is 18.8 Å². The highest BCUT2D eigenvalue weighted by atomic mass is 32.2. The fourth-order valence-electron chi connectivity index (χ4n) is 3.60. The summed E-state index contributed by atoms with van der Waals surface area (Å²) in [4.78, 5) is 26.5. The minimum Gasteiger partial charge on any atom is -0.352 e. The molecule has 7 heteroatoms. The Morgan fingerprint density at radius 2 is 1.95 bits per heavy atom. The molecular weight excluding hydrogens is 304 g/mol. The topological polar surface area (TPSA) is 83.6 Å². The molecule has 0 bridgehead atoms. The fraction of sp³-hybridized carbons (Fsp3) is 0.867. The van der Waals surface area contributed by atoms with Gasteiger partial charge in [0.05, 0.1) is 23.3 Å². The molecule has 124 valence electrons. The summed E-state index contributed by atoms with van der Waals surface area (Å²) in [5.74, 6) is 0.227. The molecule has 0 aromatic heterocycles. The number of rotatable bonds is 3. The van der Waals surface area contributed by atoms with Crippen molar-refractivity contribution in [2.45, 2.75) is 38.6 Å². The Hall–Kier alpha value is -1.11. The van der Waals surface area contributed by atoms with Crippen molar-refractivity contribution in [3.63, 3.8) is 0 Å². The molecule has 4 atom stereocenters. The molecule has 1 N–H and O–H groups in total. The zero-order valence-electron chi connectivity index (χ0n) is 13.0. The van der Waals surface area contributed by atoms with E-state index in [9.17, 15) is 18.0 Å². The van der Waals surface area contributed by atoms with Crippen LogP contribution in [0, 0.1) is 17.8 Å². The molecule has 3 fully saturated rings. The van der Waals surface area contributed by atoms with Crippen LogP contribution in [0.25, 0.3) is 0 Å². The molecule has 3 rings (SSSR count). The lowest BCUT2D eigenvalue weighted by atomic mass is 10.00. The van der Waals surface area contributed by atoms with E-state index in [1.54, 1.807) is 0 Å². The van der Waals surface area contributed by atoms with Crippen molar-refractivity contribution >= 4 is 21.7 Å². The van der Waals surface area contributed by atoms with Crippen LogP contribution in [0.4, 0.5) is 0 Å². The standard InChI is InChI=1S/C15H24N2O4S/c1-10-3-2-5-17(8-10)15(19)13-7-12(13)14(18)16-11-4-6-22(20,21)9-11/h10-13H,2-9H2,1H3,(H,16,18). The van der Waals surface area contributed by atoms with Crippen molar-refractivity contribution in [3.8, 4) is 0 Å². The fourth-order valence-corrected chi connectivity index (χ4v) is 5.27. The van der Waals surface area contributed by atoms with Gasteiger partial charge in [-0.15, -0.1) is 0 Å². The van der Waals surface area contributed by atoms with Gasteiger partial charge in [-0.1, -0.05) is 6.92 Å². The highest BCUT2D eigenvalue weighted by Gasteiger charge is 2.50. The average molecular weight is 328 g/mol. The summed E-state index contributed by atoms with van der Waals surface area (Å²) in [5, 5.41) is 2.80. The third-order valence-corrected chi connectivity index (χ3v) is 6.76. The van der Waals surface area contributed by atoms with E-state index >= 15 is 0 Å². The molecule has 1 saturated carbocycles. The van der Waals surface area contributed by atoms with Gasteiger partial charge in [-0.25, -0.2) is 8.42 Å². The number of carbonyl (C=O) groups is 2. The lowest BCUT2D eigenvalue weighted by Crippen LogP contribution is -2.41. The lowest BCUT2D eigenvalue weighted by Gasteiger charge is -2.31. The maximum Gasteiger partial charge on any atom is 0.226 e. The smallest absolute Gasteiger partial charge is 0.226 e. The highest BCUT2D eigenvalue weighted by molar-refractivity contribution is 7.91. The van der Waals surface area contributed by atoms with Gasteiger partial charge < -0.3 is 10.2 Å². The van der Waals surface area contributed by atoms with Crippen LogP contribution in [0.5, 0.6) is 0 Å². The van der Waals surface area contributed by atoms with Crippen LogP contribution in [0.15, 0.2) is 0 Å². The van der Waals surface area contributed by atoms with Gasteiger partial charge in [0.1, 0.15) is 0 Å². The Morgan fingerprint density at radius 1 is 1.18 bits per heavy atom. The second-order valence-corrected chi connectivity index (χ2v) is 9.32. The van der Waals surface area contributed by atoms with Gasteiger partial charge in [0.2, 0.25) is 11.8 Å². The average Bonchev–Trinajstić information content (AvgIpc) is 3.18. The summed E-state index contributed by atoms with van der Waals surface area (Å²) in [6.07, 6.45) is 3.29. The number of sulfone groups is 1. The third kappa shape index (κ3) is 3.45. The number of nitrogens with zero attached hydrogens (tertiary/aromatic N) is 1. The van der Waals surface area contributed by atoms with Gasteiger partial charge >= 0.3 is 0 Å². The summed E-state index contributed by atoms with van der Waals surface area (Å²) in [6, 6.07) is -0.274. The van der Waals surface area contributed by atoms with Crippen LogP contribution in [0.1, 0.15) is 32.6 Å². The summed E-state index contributed by atoms with van der Waals surface area (Å²) < 4.78 is 22.8. The summed E-state index contributed by atoms with van der Waals surface area (Å²) in [7, 11) is -2.99. The first-order chi connectivity index (χ1) is 10.4. The number of amides is 2. The molecule has 0 aromatic rings. The molecule has 22 heavy (non-hydrogen) atoms. The zero-order valence-corrected chi connectivity index (χ0v) is 13.8. The van der Waals surface area contributed by atoms with E-state index in [0.717, 1.165) is 25.9 Å². The zero-order chi connectivity index (χ0) is 15.9. The van der Waals surface area contributed by atoms with Crippen molar-refractivity contribution in [1.82, 2.24) is 10.2 Å². The van der Waals surface area contributed by atoms with Crippen molar-refractivity contribution in [2.24, 2.45) is 17.8 Å². The van der Waals surface area contributed by atoms with Crippen molar-refractivity contribution in [3.05, 3.63) is 0 Å². The summed E-state index contributed by atoms with van der Waals surface area (Å²) >= 11 is 0. The summed E-state index contributed by atoms with van der Waals surface area (Å²) in [5.41, 5.74) is 0. The molecule has 0 radical (unpaired) electrons. The number of nitrogens with one attached hydrogen (secondary N) is 1. The second kappa shape index (κ2) is 5.83. The first-order valence-corrected chi connectivity index (χ1v) is 9.97. The number of hydrogen-bond donors (Lipinski definition) is 1. The predicted molar refractivity (Wildman–Crippen MR) is 81.8 cm³/mol. The minimum absolute atomic E-state index is 0.0354. The van der Waals surface area contributed by atoms with E-state index in [-0.39, 0.29) is 41.2 Å². The number of carbonyl (C=O) groups excluding carboxylic acids is 2. The Kier molecular flexibility index (Phi) is 4.18. The first-order valence-electron chi connectivity index (χ1n) is 8.15. The van der Waals surface area contributed by atoms with Crippen LogP contribution in [0.2, 0.25) is 0 Å². The molecule has 3 aliphatic rings. The van der Waals surface area contributed by atoms with Crippen LogP contribution in [0.3, 0.4) is 0 Å². The van der Waals surface area contributed by atoms with Gasteiger partial charge in [-0.05, 0) is 31.6 Å². The van der Waals surface area contributed by atoms with E-state index in [1.165, 1.54) is 0 Å². The molecule has 2 saturated heterocycles. The highest BCUT2D eigenvalue weighted by Crippen LogP contribution is 2.41. The molecule has 4 unspecified atom stereocenters. The number of piperidine rings is 1. The Balaban J connectivity index is 1.49. The maximum atomic E-state index is 12.4. The molecule has 6 nitrogen and oxygen atoms in total. The maximum absolute atomic E-state index is 12.4.